The molecule has 1 aromatic rings. The lowest BCUT2D eigenvalue weighted by Crippen LogP contribution is -2.42. The Bertz CT molecular complexity index is 626. The van der Waals surface area contributed by atoms with Crippen LogP contribution in [0, 0.1) is 0 Å². The lowest BCUT2D eigenvalue weighted by atomic mass is 10.1. The van der Waals surface area contributed by atoms with Gasteiger partial charge in [0.1, 0.15) is 18.3 Å². The highest BCUT2D eigenvalue weighted by Gasteiger charge is 2.46. The molecule has 0 bridgehead atoms. The number of esters is 1. The summed E-state index contributed by atoms with van der Waals surface area (Å²) in [4.78, 5) is 11.2. The monoisotopic (exact) mass is 362 g/mol. The molecular formula is C20H26O6. The van der Waals surface area contributed by atoms with Crippen LogP contribution in [0.25, 0.3) is 0 Å². The molecule has 6 heteroatoms. The summed E-state index contributed by atoms with van der Waals surface area (Å²) in [6.07, 6.45) is 2.83. The van der Waals surface area contributed by atoms with Gasteiger partial charge in [0.2, 0.25) is 6.29 Å². The third-order valence-corrected chi connectivity index (χ3v) is 4.20. The van der Waals surface area contributed by atoms with E-state index in [1.807, 2.05) is 56.3 Å². The molecule has 0 saturated carbocycles. The van der Waals surface area contributed by atoms with E-state index in [1.54, 1.807) is 0 Å². The van der Waals surface area contributed by atoms with Crippen molar-refractivity contribution in [3.05, 3.63) is 48.0 Å². The first-order chi connectivity index (χ1) is 12.4. The Labute approximate surface area is 154 Å². The van der Waals surface area contributed by atoms with Gasteiger partial charge in [-0.1, -0.05) is 42.5 Å². The molecule has 1 saturated heterocycles. The molecule has 0 aliphatic carbocycles. The van der Waals surface area contributed by atoms with Crippen LogP contribution in [0.4, 0.5) is 0 Å². The highest BCUT2D eigenvalue weighted by atomic mass is 16.8. The van der Waals surface area contributed by atoms with E-state index in [-0.39, 0.29) is 24.3 Å². The normalized spacial score (nSPS) is 30.3. The van der Waals surface area contributed by atoms with Crippen molar-refractivity contribution in [2.75, 3.05) is 6.61 Å². The second-order valence-electron chi connectivity index (χ2n) is 6.94. The van der Waals surface area contributed by atoms with Gasteiger partial charge in [0.25, 0.3) is 0 Å². The minimum atomic E-state index is -0.725. The minimum absolute atomic E-state index is 0.278. The molecule has 0 spiro atoms. The summed E-state index contributed by atoms with van der Waals surface area (Å²) in [5, 5.41) is 0. The minimum Gasteiger partial charge on any atom is -0.436 e. The van der Waals surface area contributed by atoms with Crippen molar-refractivity contribution in [2.24, 2.45) is 0 Å². The zero-order valence-electron chi connectivity index (χ0n) is 15.4. The van der Waals surface area contributed by atoms with Crippen LogP contribution in [0.15, 0.2) is 42.5 Å². The summed E-state index contributed by atoms with van der Waals surface area (Å²) < 4.78 is 28.9. The van der Waals surface area contributed by atoms with Gasteiger partial charge in [0, 0.05) is 13.3 Å². The van der Waals surface area contributed by atoms with E-state index in [9.17, 15) is 4.79 Å². The summed E-state index contributed by atoms with van der Waals surface area (Å²) >= 11 is 0. The molecule has 2 aliphatic rings. The molecule has 2 aliphatic heterocycles. The van der Waals surface area contributed by atoms with E-state index in [2.05, 4.69) is 0 Å². The van der Waals surface area contributed by atoms with E-state index in [4.69, 9.17) is 23.7 Å². The molecular weight excluding hydrogens is 336 g/mol. The maximum absolute atomic E-state index is 11.2. The van der Waals surface area contributed by atoms with Crippen molar-refractivity contribution in [3.63, 3.8) is 0 Å². The second-order valence-corrected chi connectivity index (χ2v) is 6.94. The van der Waals surface area contributed by atoms with Gasteiger partial charge in [-0.25, -0.2) is 0 Å². The number of benzene rings is 1. The quantitative estimate of drug-likeness (QED) is 0.573. The zero-order chi connectivity index (χ0) is 18.6. The molecule has 6 nitrogen and oxygen atoms in total. The summed E-state index contributed by atoms with van der Waals surface area (Å²) in [6, 6.07) is 9.97. The molecule has 142 valence electrons. The lowest BCUT2D eigenvalue weighted by molar-refractivity contribution is -0.203. The average Bonchev–Trinajstić information content (AvgIpc) is 2.90. The van der Waals surface area contributed by atoms with Crippen molar-refractivity contribution in [1.82, 2.24) is 0 Å². The molecule has 3 rings (SSSR count). The van der Waals surface area contributed by atoms with E-state index < -0.39 is 12.1 Å². The maximum Gasteiger partial charge on any atom is 0.304 e. The van der Waals surface area contributed by atoms with Crippen molar-refractivity contribution in [2.45, 2.75) is 64.2 Å². The van der Waals surface area contributed by atoms with Crippen molar-refractivity contribution in [1.29, 1.82) is 0 Å². The molecule has 26 heavy (non-hydrogen) atoms. The molecule has 0 N–H and O–H groups in total. The third kappa shape index (κ3) is 5.14. The van der Waals surface area contributed by atoms with Crippen LogP contribution in [0.5, 0.6) is 0 Å². The van der Waals surface area contributed by atoms with E-state index in [0.29, 0.717) is 19.6 Å². The summed E-state index contributed by atoms with van der Waals surface area (Å²) in [5.74, 6) is -1.09. The van der Waals surface area contributed by atoms with Crippen molar-refractivity contribution < 1.29 is 28.5 Å². The first-order valence-corrected chi connectivity index (χ1v) is 8.89. The average molecular weight is 362 g/mol. The Kier molecular flexibility index (Phi) is 6.09. The van der Waals surface area contributed by atoms with Crippen LogP contribution in [0.1, 0.15) is 32.8 Å². The summed E-state index contributed by atoms with van der Waals surface area (Å²) in [5.41, 5.74) is 1.10. The number of hydrogen-bond donors (Lipinski definition) is 0. The molecule has 0 aromatic heterocycles. The van der Waals surface area contributed by atoms with Gasteiger partial charge in [0.15, 0.2) is 5.79 Å². The summed E-state index contributed by atoms with van der Waals surface area (Å²) in [7, 11) is 0. The first kappa shape index (κ1) is 19.0. The maximum atomic E-state index is 11.2. The van der Waals surface area contributed by atoms with Crippen LogP contribution in [0.2, 0.25) is 0 Å². The third-order valence-electron chi connectivity index (χ3n) is 4.20. The van der Waals surface area contributed by atoms with Crippen LogP contribution < -0.4 is 0 Å². The fraction of sp³-hybridized carbons (Fsp3) is 0.550. The number of carbonyl (C=O) groups excluding carboxylic acids is 1. The van der Waals surface area contributed by atoms with Gasteiger partial charge in [-0.15, -0.1) is 0 Å². The van der Waals surface area contributed by atoms with Crippen LogP contribution in [0.3, 0.4) is 0 Å². The predicted molar refractivity (Wildman–Crippen MR) is 94.1 cm³/mol. The zero-order valence-corrected chi connectivity index (χ0v) is 15.4. The molecule has 1 aromatic carbocycles. The number of hydrogen-bond acceptors (Lipinski definition) is 6. The van der Waals surface area contributed by atoms with Gasteiger partial charge in [-0.05, 0) is 19.4 Å². The number of ether oxygens (including phenoxy) is 5. The molecule has 4 atom stereocenters. The summed E-state index contributed by atoms with van der Waals surface area (Å²) in [6.45, 7) is 6.00. The first-order valence-electron chi connectivity index (χ1n) is 8.89. The van der Waals surface area contributed by atoms with Gasteiger partial charge in [-0.3, -0.25) is 4.79 Å². The Hall–Kier alpha value is -1.73. The van der Waals surface area contributed by atoms with Gasteiger partial charge < -0.3 is 23.7 Å². The van der Waals surface area contributed by atoms with E-state index >= 15 is 0 Å². The SMILES string of the molecule is CC(=O)O[C@@H]1CC=C[C@H]([C@H]2OC(C)(C)O[C@@H]2COCc2ccccc2)O1. The molecule has 0 amide bonds. The Morgan fingerprint density at radius 2 is 2.00 bits per heavy atom. The van der Waals surface area contributed by atoms with Gasteiger partial charge in [0.05, 0.1) is 13.2 Å². The predicted octanol–water partition coefficient (Wildman–Crippen LogP) is 2.96. The topological polar surface area (TPSA) is 63.2 Å². The Balaban J connectivity index is 1.59. The Morgan fingerprint density at radius 1 is 1.23 bits per heavy atom. The second kappa shape index (κ2) is 8.31. The standard InChI is InChI=1S/C20H26O6/c1-14(21)23-18-11-7-10-16(24-18)19-17(25-20(2,3)26-19)13-22-12-15-8-5-4-6-9-15/h4-10,16-19H,11-13H2,1-3H3/t16-,17-,18+,19-/m1/s1. The Morgan fingerprint density at radius 3 is 2.73 bits per heavy atom. The van der Waals surface area contributed by atoms with Crippen LogP contribution in [-0.2, 0) is 35.1 Å². The number of rotatable bonds is 6. The lowest BCUT2D eigenvalue weighted by Gasteiger charge is -2.30. The fourth-order valence-corrected chi connectivity index (χ4v) is 3.19. The largest absolute Gasteiger partial charge is 0.436 e. The van der Waals surface area contributed by atoms with Crippen molar-refractivity contribution >= 4 is 5.97 Å². The van der Waals surface area contributed by atoms with Gasteiger partial charge in [-0.2, -0.15) is 0 Å². The molecule has 0 radical (unpaired) electrons. The molecule has 0 unspecified atom stereocenters. The van der Waals surface area contributed by atoms with Gasteiger partial charge >= 0.3 is 5.97 Å². The van der Waals surface area contributed by atoms with E-state index in [0.717, 1.165) is 5.56 Å². The molecule has 2 heterocycles. The van der Waals surface area contributed by atoms with Crippen molar-refractivity contribution in [3.8, 4) is 0 Å². The smallest absolute Gasteiger partial charge is 0.304 e. The van der Waals surface area contributed by atoms with Crippen LogP contribution in [-0.4, -0.2) is 43.0 Å². The highest BCUT2D eigenvalue weighted by molar-refractivity contribution is 5.66. The van der Waals surface area contributed by atoms with E-state index in [1.165, 1.54) is 6.92 Å². The highest BCUT2D eigenvalue weighted by Crippen LogP contribution is 2.33. The number of carbonyl (C=O) groups is 1. The molecule has 1 fully saturated rings. The fourth-order valence-electron chi connectivity index (χ4n) is 3.19. The van der Waals surface area contributed by atoms with Crippen LogP contribution >= 0.6 is 0 Å².